The molecule has 0 spiro atoms. The summed E-state index contributed by atoms with van der Waals surface area (Å²) in [5, 5.41) is 12.7. The number of rotatable bonds is 5. The van der Waals surface area contributed by atoms with E-state index in [1.807, 2.05) is 39.0 Å². The molecule has 1 amide bonds. The maximum absolute atomic E-state index is 12.2. The number of nitrogens with one attached hydrogen (secondary N) is 1. The summed E-state index contributed by atoms with van der Waals surface area (Å²) in [5.41, 5.74) is 0.0806. The maximum atomic E-state index is 12.2. The first-order valence-corrected chi connectivity index (χ1v) is 8.22. The van der Waals surface area contributed by atoms with Gasteiger partial charge in [-0.3, -0.25) is 4.79 Å². The lowest BCUT2D eigenvalue weighted by molar-refractivity contribution is 0.0174. The summed E-state index contributed by atoms with van der Waals surface area (Å²) in [5.74, 6) is 0.00636. The second-order valence-electron chi connectivity index (χ2n) is 7.07. The van der Waals surface area contributed by atoms with Gasteiger partial charge >= 0.3 is 6.09 Å². The first-order chi connectivity index (χ1) is 11.3. The maximum Gasteiger partial charge on any atom is 0.410 e. The van der Waals surface area contributed by atoms with Gasteiger partial charge in [0.1, 0.15) is 5.60 Å². The molecule has 1 saturated heterocycles. The van der Waals surface area contributed by atoms with Crippen LogP contribution in [0.2, 0.25) is 0 Å². The number of amides is 1. The molecule has 1 heterocycles. The van der Waals surface area contributed by atoms with E-state index in [2.05, 4.69) is 5.32 Å². The average molecular weight is 334 g/mol. The fraction of sp³-hybridized carbons (Fsp3) is 0.556. The molecule has 132 valence electrons. The predicted molar refractivity (Wildman–Crippen MR) is 91.0 cm³/mol. The molecule has 24 heavy (non-hydrogen) atoms. The molecule has 0 radical (unpaired) electrons. The number of hydrogen-bond acceptors (Lipinski definition) is 5. The minimum absolute atomic E-state index is 0.00636. The van der Waals surface area contributed by atoms with Crippen molar-refractivity contribution < 1.29 is 19.4 Å². The van der Waals surface area contributed by atoms with Crippen molar-refractivity contribution in [1.29, 1.82) is 0 Å². The van der Waals surface area contributed by atoms with Gasteiger partial charge in [-0.1, -0.05) is 30.3 Å². The molecule has 1 aliphatic rings. The van der Waals surface area contributed by atoms with Crippen molar-refractivity contribution in [3.05, 3.63) is 35.9 Å². The summed E-state index contributed by atoms with van der Waals surface area (Å²) in [4.78, 5) is 25.9. The first kappa shape index (κ1) is 18.4. The number of ketones is 1. The molecule has 0 aromatic heterocycles. The highest BCUT2D eigenvalue weighted by atomic mass is 16.6. The Labute approximate surface area is 142 Å². The summed E-state index contributed by atoms with van der Waals surface area (Å²) >= 11 is 0. The number of carbonyl (C=O) groups is 2. The number of aliphatic hydroxyl groups excluding tert-OH is 1. The van der Waals surface area contributed by atoms with Gasteiger partial charge in [0.2, 0.25) is 0 Å². The van der Waals surface area contributed by atoms with Gasteiger partial charge in [0.05, 0.1) is 19.2 Å². The normalized spacial score (nSPS) is 20.9. The molecule has 0 unspecified atom stereocenters. The zero-order valence-corrected chi connectivity index (χ0v) is 14.5. The zero-order valence-electron chi connectivity index (χ0n) is 14.5. The minimum atomic E-state index is -0.578. The van der Waals surface area contributed by atoms with E-state index in [-0.39, 0.29) is 31.0 Å². The Morgan fingerprint density at radius 2 is 1.96 bits per heavy atom. The van der Waals surface area contributed by atoms with Crippen LogP contribution in [0.15, 0.2) is 30.3 Å². The fourth-order valence-electron chi connectivity index (χ4n) is 2.74. The highest BCUT2D eigenvalue weighted by Gasteiger charge is 2.37. The molecule has 0 saturated carbocycles. The van der Waals surface area contributed by atoms with E-state index in [1.54, 1.807) is 12.1 Å². The second-order valence-corrected chi connectivity index (χ2v) is 7.07. The van der Waals surface area contributed by atoms with E-state index in [9.17, 15) is 14.7 Å². The Bertz CT molecular complexity index is 568. The minimum Gasteiger partial charge on any atom is -0.444 e. The Morgan fingerprint density at radius 3 is 2.54 bits per heavy atom. The third kappa shape index (κ3) is 5.04. The van der Waals surface area contributed by atoms with Gasteiger partial charge in [-0.05, 0) is 27.2 Å². The molecule has 2 atom stereocenters. The van der Waals surface area contributed by atoms with E-state index in [0.717, 1.165) is 0 Å². The molecule has 6 nitrogen and oxygen atoms in total. The fourth-order valence-corrected chi connectivity index (χ4v) is 2.74. The van der Waals surface area contributed by atoms with Crippen molar-refractivity contribution in [2.45, 2.75) is 44.9 Å². The SMILES string of the molecule is CC(C)(C)OC(=O)N1C[C@H](NCC(=O)c2ccccc2)C[C@H]1CO. The molecule has 0 bridgehead atoms. The van der Waals surface area contributed by atoms with Crippen LogP contribution in [0.1, 0.15) is 37.6 Å². The molecule has 1 fully saturated rings. The number of carbonyl (C=O) groups excluding carboxylic acids is 2. The lowest BCUT2D eigenvalue weighted by Crippen LogP contribution is -2.42. The molecule has 2 rings (SSSR count). The summed E-state index contributed by atoms with van der Waals surface area (Å²) in [7, 11) is 0. The molecule has 1 aliphatic heterocycles. The zero-order chi connectivity index (χ0) is 17.7. The van der Waals surface area contributed by atoms with Crippen molar-refractivity contribution >= 4 is 11.9 Å². The largest absolute Gasteiger partial charge is 0.444 e. The van der Waals surface area contributed by atoms with Crippen LogP contribution >= 0.6 is 0 Å². The highest BCUT2D eigenvalue weighted by molar-refractivity contribution is 5.97. The average Bonchev–Trinajstić information content (AvgIpc) is 2.95. The molecule has 1 aromatic carbocycles. The number of nitrogens with zero attached hydrogens (tertiary/aromatic N) is 1. The third-order valence-corrected chi connectivity index (χ3v) is 3.90. The standard InChI is InChI=1S/C18H26N2O4/c1-18(2,3)24-17(23)20-11-14(9-15(20)12-21)19-10-16(22)13-7-5-4-6-8-13/h4-8,14-15,19,21H,9-12H2,1-3H3/t14-,15+/m1/s1. The first-order valence-electron chi connectivity index (χ1n) is 8.22. The summed E-state index contributed by atoms with van der Waals surface area (Å²) in [6.45, 7) is 5.93. The van der Waals surface area contributed by atoms with Crippen LogP contribution in [0.5, 0.6) is 0 Å². The van der Waals surface area contributed by atoms with Gasteiger partial charge in [0, 0.05) is 18.2 Å². The number of ether oxygens (including phenoxy) is 1. The summed E-state index contributed by atoms with van der Waals surface area (Å²) in [6, 6.07) is 8.76. The van der Waals surface area contributed by atoms with Crippen LogP contribution in [0.3, 0.4) is 0 Å². The van der Waals surface area contributed by atoms with Crippen molar-refractivity contribution in [2.75, 3.05) is 19.7 Å². The molecule has 6 heteroatoms. The highest BCUT2D eigenvalue weighted by Crippen LogP contribution is 2.21. The Kier molecular flexibility index (Phi) is 5.96. The monoisotopic (exact) mass is 334 g/mol. The molecular formula is C18H26N2O4. The quantitative estimate of drug-likeness (QED) is 0.803. The Morgan fingerprint density at radius 1 is 1.29 bits per heavy atom. The van der Waals surface area contributed by atoms with E-state index >= 15 is 0 Å². The van der Waals surface area contributed by atoms with Gasteiger partial charge in [-0.15, -0.1) is 0 Å². The van der Waals surface area contributed by atoms with E-state index in [0.29, 0.717) is 18.5 Å². The smallest absolute Gasteiger partial charge is 0.410 e. The van der Waals surface area contributed by atoms with Crippen LogP contribution < -0.4 is 5.32 Å². The van der Waals surface area contributed by atoms with Gasteiger partial charge < -0.3 is 20.1 Å². The van der Waals surface area contributed by atoms with Crippen LogP contribution in [0.4, 0.5) is 4.79 Å². The van der Waals surface area contributed by atoms with Gasteiger partial charge in [-0.2, -0.15) is 0 Å². The summed E-state index contributed by atoms with van der Waals surface area (Å²) < 4.78 is 5.38. The van der Waals surface area contributed by atoms with Gasteiger partial charge in [-0.25, -0.2) is 4.79 Å². The number of hydrogen-bond donors (Lipinski definition) is 2. The van der Waals surface area contributed by atoms with Crippen LogP contribution in [0, 0.1) is 0 Å². The molecule has 2 N–H and O–H groups in total. The molecule has 1 aromatic rings. The Hall–Kier alpha value is -1.92. The molecule has 0 aliphatic carbocycles. The lowest BCUT2D eigenvalue weighted by Gasteiger charge is -2.27. The number of benzene rings is 1. The predicted octanol–water partition coefficient (Wildman–Crippen LogP) is 1.83. The third-order valence-electron chi connectivity index (χ3n) is 3.90. The summed E-state index contributed by atoms with van der Waals surface area (Å²) in [6.07, 6.45) is 0.165. The topological polar surface area (TPSA) is 78.9 Å². The van der Waals surface area contributed by atoms with E-state index in [1.165, 1.54) is 4.90 Å². The van der Waals surface area contributed by atoms with Crippen molar-refractivity contribution in [1.82, 2.24) is 10.2 Å². The van der Waals surface area contributed by atoms with E-state index in [4.69, 9.17) is 4.74 Å². The van der Waals surface area contributed by atoms with Crippen molar-refractivity contribution in [3.8, 4) is 0 Å². The number of Topliss-reactive ketones (excluding diaryl/α,β-unsaturated/α-hetero) is 1. The number of aliphatic hydroxyl groups is 1. The van der Waals surface area contributed by atoms with Gasteiger partial charge in [0.25, 0.3) is 0 Å². The van der Waals surface area contributed by atoms with Crippen LogP contribution in [0.25, 0.3) is 0 Å². The van der Waals surface area contributed by atoms with Crippen LogP contribution in [-0.4, -0.2) is 59.3 Å². The van der Waals surface area contributed by atoms with Crippen molar-refractivity contribution in [2.24, 2.45) is 0 Å². The number of likely N-dealkylation sites (tertiary alicyclic amines) is 1. The van der Waals surface area contributed by atoms with Crippen molar-refractivity contribution in [3.63, 3.8) is 0 Å². The second kappa shape index (κ2) is 7.77. The lowest BCUT2D eigenvalue weighted by atomic mass is 10.1. The molecular weight excluding hydrogens is 308 g/mol. The Balaban J connectivity index is 1.89. The van der Waals surface area contributed by atoms with Gasteiger partial charge in [0.15, 0.2) is 5.78 Å². The van der Waals surface area contributed by atoms with E-state index < -0.39 is 11.7 Å². The van der Waals surface area contributed by atoms with Crippen LogP contribution in [-0.2, 0) is 4.74 Å².